The molecule has 2 nitrogen and oxygen atoms in total. The van der Waals surface area contributed by atoms with Crippen molar-refractivity contribution in [3.63, 3.8) is 0 Å². The van der Waals surface area contributed by atoms with Gasteiger partial charge >= 0.3 is 0 Å². The Morgan fingerprint density at radius 2 is 2.18 bits per heavy atom. The summed E-state index contributed by atoms with van der Waals surface area (Å²) in [5.41, 5.74) is 7.22. The van der Waals surface area contributed by atoms with Crippen molar-refractivity contribution in [2.75, 3.05) is 0 Å². The molecule has 0 atom stereocenters. The van der Waals surface area contributed by atoms with E-state index in [2.05, 4.69) is 6.58 Å². The Balaban J connectivity index is 4.87. The van der Waals surface area contributed by atoms with Gasteiger partial charge in [-0.2, -0.15) is 5.26 Å². The number of nitrogens with zero attached hydrogens (tertiary/aromatic N) is 1. The van der Waals surface area contributed by atoms with Gasteiger partial charge in [0.05, 0.1) is 11.3 Å². The van der Waals surface area contributed by atoms with Crippen LogP contribution in [0.5, 0.6) is 0 Å². The largest absolute Gasteiger partial charge is 0.397 e. The monoisotopic (exact) mass is 148 g/mol. The number of hydrogen-bond acceptors (Lipinski definition) is 2. The molecule has 0 heterocycles. The van der Waals surface area contributed by atoms with E-state index in [1.807, 2.05) is 13.0 Å². The van der Waals surface area contributed by atoms with Gasteiger partial charge in [0.15, 0.2) is 0 Å². The lowest BCUT2D eigenvalue weighted by atomic mass is 10.1. The summed E-state index contributed by atoms with van der Waals surface area (Å²) in [7, 11) is 0. The fraction of sp³-hybridized carbons (Fsp3) is 0.222. The highest BCUT2D eigenvalue weighted by Crippen LogP contribution is 2.06. The van der Waals surface area contributed by atoms with Crippen LogP contribution in [0.25, 0.3) is 0 Å². The Morgan fingerprint density at radius 1 is 1.64 bits per heavy atom. The van der Waals surface area contributed by atoms with Crippen LogP contribution in [0.1, 0.15) is 13.8 Å². The SMILES string of the molecule is C=C(C)/C(N)=C(C#N)\C=C/C. The third kappa shape index (κ3) is 2.72. The fourth-order valence-electron chi connectivity index (χ4n) is 0.584. The number of hydrogen-bond donors (Lipinski definition) is 1. The van der Waals surface area contributed by atoms with Gasteiger partial charge in [-0.15, -0.1) is 0 Å². The molecule has 0 fully saturated rings. The number of rotatable bonds is 2. The predicted octanol–water partition coefficient (Wildman–Crippen LogP) is 1.87. The Kier molecular flexibility index (Phi) is 3.76. The summed E-state index contributed by atoms with van der Waals surface area (Å²) in [6, 6.07) is 1.99. The summed E-state index contributed by atoms with van der Waals surface area (Å²) in [6.45, 7) is 7.25. The molecule has 0 aromatic carbocycles. The highest BCUT2D eigenvalue weighted by molar-refractivity contribution is 5.43. The van der Waals surface area contributed by atoms with Crippen molar-refractivity contribution in [1.29, 1.82) is 5.26 Å². The molecule has 0 aliphatic rings. The molecule has 0 unspecified atom stereocenters. The smallest absolute Gasteiger partial charge is 0.101 e. The van der Waals surface area contributed by atoms with Crippen molar-refractivity contribution in [2.45, 2.75) is 13.8 Å². The van der Waals surface area contributed by atoms with Crippen LogP contribution in [-0.4, -0.2) is 0 Å². The van der Waals surface area contributed by atoms with Crippen molar-refractivity contribution in [3.8, 4) is 6.07 Å². The van der Waals surface area contributed by atoms with E-state index in [9.17, 15) is 0 Å². The normalized spacial score (nSPS) is 12.5. The predicted molar refractivity (Wildman–Crippen MR) is 46.5 cm³/mol. The van der Waals surface area contributed by atoms with Gasteiger partial charge in [0.1, 0.15) is 6.07 Å². The summed E-state index contributed by atoms with van der Waals surface area (Å²) >= 11 is 0. The Labute approximate surface area is 67.3 Å². The molecule has 0 spiro atoms. The zero-order valence-electron chi connectivity index (χ0n) is 6.89. The highest BCUT2D eigenvalue weighted by atomic mass is 14.6. The van der Waals surface area contributed by atoms with Gasteiger partial charge < -0.3 is 5.73 Å². The molecule has 11 heavy (non-hydrogen) atoms. The molecule has 0 aromatic heterocycles. The van der Waals surface area contributed by atoms with Crippen LogP contribution in [0.2, 0.25) is 0 Å². The van der Waals surface area contributed by atoms with E-state index < -0.39 is 0 Å². The average Bonchev–Trinajstić information content (AvgIpc) is 1.98. The second kappa shape index (κ2) is 4.35. The lowest BCUT2D eigenvalue weighted by Gasteiger charge is -1.98. The second-order valence-electron chi connectivity index (χ2n) is 2.22. The van der Waals surface area contributed by atoms with Crippen LogP contribution in [-0.2, 0) is 0 Å². The van der Waals surface area contributed by atoms with E-state index in [0.717, 1.165) is 5.57 Å². The van der Waals surface area contributed by atoms with Gasteiger partial charge in [0.2, 0.25) is 0 Å². The summed E-state index contributed by atoms with van der Waals surface area (Å²) in [5.74, 6) is 0. The average molecular weight is 148 g/mol. The van der Waals surface area contributed by atoms with Gasteiger partial charge in [0.25, 0.3) is 0 Å². The fourth-order valence-corrected chi connectivity index (χ4v) is 0.584. The second-order valence-corrected chi connectivity index (χ2v) is 2.22. The summed E-state index contributed by atoms with van der Waals surface area (Å²) in [4.78, 5) is 0. The molecule has 0 bridgehead atoms. The summed E-state index contributed by atoms with van der Waals surface area (Å²) in [6.07, 6.45) is 3.44. The lowest BCUT2D eigenvalue weighted by molar-refractivity contribution is 1.27. The van der Waals surface area contributed by atoms with Crippen LogP contribution in [0.15, 0.2) is 35.6 Å². The van der Waals surface area contributed by atoms with Crippen molar-refractivity contribution in [1.82, 2.24) is 0 Å². The Morgan fingerprint density at radius 3 is 2.45 bits per heavy atom. The minimum Gasteiger partial charge on any atom is -0.397 e. The Hall–Kier alpha value is -1.49. The van der Waals surface area contributed by atoms with Crippen LogP contribution in [0, 0.1) is 11.3 Å². The van der Waals surface area contributed by atoms with E-state index in [0.29, 0.717) is 11.3 Å². The van der Waals surface area contributed by atoms with Gasteiger partial charge in [-0.1, -0.05) is 12.7 Å². The number of nitriles is 1. The molecular weight excluding hydrogens is 136 g/mol. The van der Waals surface area contributed by atoms with Crippen molar-refractivity contribution in [2.24, 2.45) is 5.73 Å². The molecule has 0 rings (SSSR count). The maximum absolute atomic E-state index is 8.60. The molecule has 0 amide bonds. The molecule has 58 valence electrons. The molecule has 0 aromatic rings. The van der Waals surface area contributed by atoms with Crippen LogP contribution >= 0.6 is 0 Å². The third-order valence-electron chi connectivity index (χ3n) is 1.20. The Bertz CT molecular complexity index is 251. The molecule has 0 aliphatic carbocycles. The molecular formula is C9H12N2. The van der Waals surface area contributed by atoms with Gasteiger partial charge in [-0.3, -0.25) is 0 Å². The van der Waals surface area contributed by atoms with Crippen LogP contribution in [0.3, 0.4) is 0 Å². The molecule has 0 aliphatic heterocycles. The van der Waals surface area contributed by atoms with Crippen LogP contribution in [0.4, 0.5) is 0 Å². The first kappa shape index (κ1) is 9.51. The molecule has 0 radical (unpaired) electrons. The first-order valence-corrected chi connectivity index (χ1v) is 3.32. The third-order valence-corrected chi connectivity index (χ3v) is 1.20. The zero-order chi connectivity index (χ0) is 8.85. The maximum atomic E-state index is 8.60. The molecule has 2 N–H and O–H groups in total. The van der Waals surface area contributed by atoms with Gasteiger partial charge in [-0.05, 0) is 25.5 Å². The van der Waals surface area contributed by atoms with E-state index in [1.54, 1.807) is 19.1 Å². The highest BCUT2D eigenvalue weighted by Gasteiger charge is 1.97. The molecule has 0 saturated heterocycles. The zero-order valence-corrected chi connectivity index (χ0v) is 6.89. The summed E-state index contributed by atoms with van der Waals surface area (Å²) in [5, 5.41) is 8.60. The van der Waals surface area contributed by atoms with Crippen LogP contribution < -0.4 is 5.73 Å². The van der Waals surface area contributed by atoms with Gasteiger partial charge in [-0.25, -0.2) is 0 Å². The van der Waals surface area contributed by atoms with E-state index >= 15 is 0 Å². The quantitative estimate of drug-likeness (QED) is 0.480. The topological polar surface area (TPSA) is 49.8 Å². The first-order chi connectivity index (χ1) is 5.13. The summed E-state index contributed by atoms with van der Waals surface area (Å²) < 4.78 is 0. The van der Waals surface area contributed by atoms with E-state index in [1.165, 1.54) is 0 Å². The van der Waals surface area contributed by atoms with E-state index in [-0.39, 0.29) is 0 Å². The van der Waals surface area contributed by atoms with Crippen molar-refractivity contribution in [3.05, 3.63) is 35.6 Å². The maximum Gasteiger partial charge on any atom is 0.101 e. The van der Waals surface area contributed by atoms with E-state index in [4.69, 9.17) is 11.0 Å². The first-order valence-electron chi connectivity index (χ1n) is 3.32. The minimum absolute atomic E-state index is 0.464. The molecule has 0 saturated carbocycles. The minimum atomic E-state index is 0.464. The van der Waals surface area contributed by atoms with Crippen molar-refractivity contribution < 1.29 is 0 Å². The molecule has 2 heteroatoms. The number of allylic oxidation sites excluding steroid dienone is 4. The standard InChI is InChI=1S/C9H12N2/c1-4-5-8(6-10)9(11)7(2)3/h4-5H,2,11H2,1,3H3/b5-4-,9-8-. The van der Waals surface area contributed by atoms with Gasteiger partial charge in [0, 0.05) is 0 Å². The van der Waals surface area contributed by atoms with Crippen molar-refractivity contribution >= 4 is 0 Å². The lowest BCUT2D eigenvalue weighted by Crippen LogP contribution is -2.00. The number of nitrogens with two attached hydrogens (primary N) is 1.